The first-order chi connectivity index (χ1) is 15.0. The second-order valence-corrected chi connectivity index (χ2v) is 9.44. The Morgan fingerprint density at radius 3 is 2.69 bits per heavy atom. The van der Waals surface area contributed by atoms with Gasteiger partial charge < -0.3 is 19.5 Å². The van der Waals surface area contributed by atoms with Crippen molar-refractivity contribution in [3.8, 4) is 0 Å². The number of alkyl carbamates (subject to hydrolysis) is 1. The molecule has 1 unspecified atom stereocenters. The van der Waals surface area contributed by atoms with E-state index in [-0.39, 0.29) is 6.04 Å². The molecule has 6 nitrogen and oxygen atoms in total. The van der Waals surface area contributed by atoms with Crippen LogP contribution in [0.3, 0.4) is 0 Å². The molecule has 3 rings (SSSR count). The van der Waals surface area contributed by atoms with E-state index in [2.05, 4.69) is 47.2 Å². The number of carbonyl (C=O) groups is 1. The number of benzene rings is 1. The topological polar surface area (TPSA) is 59.4 Å². The van der Waals surface area contributed by atoms with E-state index in [1.165, 1.54) is 0 Å². The zero-order valence-corrected chi connectivity index (χ0v) is 20.1. The molecule has 0 radical (unpaired) electrons. The molecular formula is C25H31ClN4O2. The largest absolute Gasteiger partial charge is 0.444 e. The summed E-state index contributed by atoms with van der Waals surface area (Å²) in [5.41, 5.74) is 2.89. The Hall–Kier alpha value is -2.99. The summed E-state index contributed by atoms with van der Waals surface area (Å²) in [5, 5.41) is 3.58. The van der Waals surface area contributed by atoms with Crippen molar-refractivity contribution in [3.63, 3.8) is 0 Å². The van der Waals surface area contributed by atoms with Crippen LogP contribution in [0, 0.1) is 0 Å². The lowest BCUT2D eigenvalue weighted by atomic mass is 9.90. The molecule has 0 bridgehead atoms. The van der Waals surface area contributed by atoms with Gasteiger partial charge in [0.2, 0.25) is 0 Å². The monoisotopic (exact) mass is 454 g/mol. The van der Waals surface area contributed by atoms with Crippen LogP contribution >= 0.6 is 11.6 Å². The summed E-state index contributed by atoms with van der Waals surface area (Å²) in [6.45, 7) is 9.86. The average molecular weight is 455 g/mol. The zero-order chi connectivity index (χ0) is 23.5. The number of ether oxygens (including phenoxy) is 1. The van der Waals surface area contributed by atoms with Gasteiger partial charge in [0.25, 0.3) is 0 Å². The SMILES string of the molecule is C=C(c1cc(Cl)ccc1CC1C=CC=CN1C)[C@@H](NC(=O)OC(C)(C)C)c1cncn1C. The highest BCUT2D eigenvalue weighted by Crippen LogP contribution is 2.33. The number of allylic oxidation sites excluding steroid dienone is 2. The molecule has 32 heavy (non-hydrogen) atoms. The van der Waals surface area contributed by atoms with Gasteiger partial charge in [-0.1, -0.05) is 36.4 Å². The molecule has 0 saturated carbocycles. The smallest absolute Gasteiger partial charge is 0.408 e. The minimum Gasteiger partial charge on any atom is -0.444 e. The highest BCUT2D eigenvalue weighted by molar-refractivity contribution is 6.30. The highest BCUT2D eigenvalue weighted by atomic mass is 35.5. The first-order valence-corrected chi connectivity index (χ1v) is 10.9. The fourth-order valence-electron chi connectivity index (χ4n) is 3.65. The van der Waals surface area contributed by atoms with Crippen molar-refractivity contribution in [3.05, 3.63) is 83.6 Å². The maximum Gasteiger partial charge on any atom is 0.408 e. The molecule has 170 valence electrons. The molecular weight excluding hydrogens is 424 g/mol. The summed E-state index contributed by atoms with van der Waals surface area (Å²) < 4.78 is 7.37. The summed E-state index contributed by atoms with van der Waals surface area (Å²) in [4.78, 5) is 19.1. The number of aryl methyl sites for hydroxylation is 1. The van der Waals surface area contributed by atoms with Crippen LogP contribution in [0.25, 0.3) is 5.57 Å². The summed E-state index contributed by atoms with van der Waals surface area (Å²) in [6.07, 6.45) is 12.0. The fraction of sp³-hybridized carbons (Fsp3) is 0.360. The van der Waals surface area contributed by atoms with Crippen LogP contribution in [-0.2, 0) is 18.2 Å². The van der Waals surface area contributed by atoms with Crippen LogP contribution < -0.4 is 5.32 Å². The maximum atomic E-state index is 12.7. The van der Waals surface area contributed by atoms with Gasteiger partial charge in [-0.15, -0.1) is 0 Å². The van der Waals surface area contributed by atoms with Gasteiger partial charge in [-0.3, -0.25) is 0 Å². The molecule has 7 heteroatoms. The van der Waals surface area contributed by atoms with Crippen molar-refractivity contribution in [2.24, 2.45) is 7.05 Å². The van der Waals surface area contributed by atoms with E-state index in [0.717, 1.165) is 28.8 Å². The van der Waals surface area contributed by atoms with Crippen molar-refractivity contribution < 1.29 is 9.53 Å². The van der Waals surface area contributed by atoms with E-state index < -0.39 is 17.7 Å². The summed E-state index contributed by atoms with van der Waals surface area (Å²) in [6, 6.07) is 5.49. The molecule has 2 heterocycles. The molecule has 1 aliphatic heterocycles. The molecule has 1 amide bonds. The molecule has 0 aliphatic carbocycles. The second-order valence-electron chi connectivity index (χ2n) is 9.00. The van der Waals surface area contributed by atoms with E-state index >= 15 is 0 Å². The van der Waals surface area contributed by atoms with E-state index in [1.807, 2.05) is 56.7 Å². The van der Waals surface area contributed by atoms with Crippen molar-refractivity contribution in [1.82, 2.24) is 19.8 Å². The third-order valence-electron chi connectivity index (χ3n) is 5.29. The Bertz CT molecular complexity index is 1050. The fourth-order valence-corrected chi connectivity index (χ4v) is 3.83. The van der Waals surface area contributed by atoms with Gasteiger partial charge in [-0.2, -0.15) is 0 Å². The van der Waals surface area contributed by atoms with Gasteiger partial charge in [0.15, 0.2) is 0 Å². The Labute approximate surface area is 195 Å². The molecule has 2 aromatic rings. The molecule has 0 saturated heterocycles. The first kappa shape index (κ1) is 23.7. The number of hydrogen-bond acceptors (Lipinski definition) is 4. The van der Waals surface area contributed by atoms with Gasteiger partial charge in [0, 0.05) is 19.1 Å². The Morgan fingerprint density at radius 1 is 1.31 bits per heavy atom. The highest BCUT2D eigenvalue weighted by Gasteiger charge is 2.27. The van der Waals surface area contributed by atoms with Crippen molar-refractivity contribution in [2.45, 2.75) is 44.9 Å². The molecule has 1 aromatic heterocycles. The predicted molar refractivity (Wildman–Crippen MR) is 129 cm³/mol. The van der Waals surface area contributed by atoms with Gasteiger partial charge >= 0.3 is 6.09 Å². The number of carbonyl (C=O) groups excluding carboxylic acids is 1. The van der Waals surface area contributed by atoms with Crippen molar-refractivity contribution >= 4 is 23.3 Å². The van der Waals surface area contributed by atoms with Gasteiger partial charge in [0.05, 0.1) is 30.3 Å². The number of nitrogens with one attached hydrogen (secondary N) is 1. The molecule has 1 N–H and O–H groups in total. The molecule has 0 spiro atoms. The van der Waals surface area contributed by atoms with Crippen LogP contribution in [0.1, 0.15) is 43.6 Å². The van der Waals surface area contributed by atoms with Crippen molar-refractivity contribution in [2.75, 3.05) is 7.05 Å². The lowest BCUT2D eigenvalue weighted by Crippen LogP contribution is -2.36. The van der Waals surface area contributed by atoms with Crippen molar-refractivity contribution in [1.29, 1.82) is 0 Å². The number of likely N-dealkylation sites (N-methyl/N-ethyl adjacent to an activating group) is 1. The predicted octanol–water partition coefficient (Wildman–Crippen LogP) is 5.28. The average Bonchev–Trinajstić information content (AvgIpc) is 3.13. The second kappa shape index (κ2) is 9.65. The number of hydrogen-bond donors (Lipinski definition) is 1. The zero-order valence-electron chi connectivity index (χ0n) is 19.3. The number of imidazole rings is 1. The molecule has 1 aliphatic rings. The number of rotatable bonds is 6. The minimum atomic E-state index is -0.616. The van der Waals surface area contributed by atoms with Crippen LogP contribution in [0.4, 0.5) is 4.79 Å². The van der Waals surface area contributed by atoms with E-state index in [9.17, 15) is 4.79 Å². The lowest BCUT2D eigenvalue weighted by Gasteiger charge is -2.29. The molecule has 2 atom stereocenters. The molecule has 1 aromatic carbocycles. The minimum absolute atomic E-state index is 0.210. The number of nitrogens with zero attached hydrogens (tertiary/aromatic N) is 3. The Morgan fingerprint density at radius 2 is 2.06 bits per heavy atom. The summed E-state index contributed by atoms with van der Waals surface area (Å²) in [7, 11) is 3.93. The number of halogens is 1. The lowest BCUT2D eigenvalue weighted by molar-refractivity contribution is 0.0514. The first-order valence-electron chi connectivity index (χ1n) is 10.6. The Kier molecular flexibility index (Phi) is 7.14. The van der Waals surface area contributed by atoms with Gasteiger partial charge in [-0.05, 0) is 68.3 Å². The summed E-state index contributed by atoms with van der Waals surface area (Å²) >= 11 is 6.38. The number of aromatic nitrogens is 2. The van der Waals surface area contributed by atoms with Crippen LogP contribution in [0.2, 0.25) is 5.02 Å². The maximum absolute atomic E-state index is 12.7. The quantitative estimate of drug-likeness (QED) is 0.645. The number of amides is 1. The third-order valence-corrected chi connectivity index (χ3v) is 5.53. The van der Waals surface area contributed by atoms with Gasteiger partial charge in [0.1, 0.15) is 5.60 Å². The standard InChI is InChI=1S/C25H31ClN4O2/c1-17(23(22-15-27-16-30(22)6)28-24(31)32-25(2,3)4)21-14-19(26)11-10-18(21)13-20-9-7-8-12-29(20)5/h7-12,14-16,20,23H,1,13H2,2-6H3,(H,28,31)/t20?,23-/m1/s1. The van der Waals surface area contributed by atoms with Gasteiger partial charge in [-0.25, -0.2) is 9.78 Å². The van der Waals surface area contributed by atoms with Crippen LogP contribution in [-0.4, -0.2) is 39.2 Å². The Balaban J connectivity index is 1.96. The molecule has 0 fully saturated rings. The van der Waals surface area contributed by atoms with E-state index in [1.54, 1.807) is 12.5 Å². The normalized spacial score (nSPS) is 16.7. The van der Waals surface area contributed by atoms with Crippen LogP contribution in [0.5, 0.6) is 0 Å². The summed E-state index contributed by atoms with van der Waals surface area (Å²) in [5.74, 6) is 0. The van der Waals surface area contributed by atoms with E-state index in [0.29, 0.717) is 5.02 Å². The van der Waals surface area contributed by atoms with E-state index in [4.69, 9.17) is 16.3 Å². The third kappa shape index (κ3) is 5.82. The van der Waals surface area contributed by atoms with Crippen LogP contribution in [0.15, 0.2) is 61.7 Å².